The van der Waals surface area contributed by atoms with E-state index < -0.39 is 30.1 Å². The minimum atomic E-state index is -4.69. The lowest BCUT2D eigenvalue weighted by molar-refractivity contribution is -0.129. The van der Waals surface area contributed by atoms with E-state index in [0.717, 1.165) is 0 Å². The molecule has 2 heterocycles. The first-order valence-corrected chi connectivity index (χ1v) is 11.9. The Balaban J connectivity index is 1.61. The fourth-order valence-corrected chi connectivity index (χ4v) is 4.54. The molecule has 1 aromatic heterocycles. The van der Waals surface area contributed by atoms with Crippen molar-refractivity contribution < 1.29 is 26.7 Å². The van der Waals surface area contributed by atoms with Crippen LogP contribution in [-0.4, -0.2) is 67.0 Å². The van der Waals surface area contributed by atoms with Gasteiger partial charge >= 0.3 is 6.18 Å². The minimum Gasteiger partial charge on any atom is -0.379 e. The number of benzene rings is 1. The Kier molecular flexibility index (Phi) is 7.63. The van der Waals surface area contributed by atoms with Crippen molar-refractivity contribution in [3.8, 4) is 0 Å². The van der Waals surface area contributed by atoms with Crippen molar-refractivity contribution >= 4 is 34.0 Å². The molecular formula is C26H29F5N4O. The SMILES string of the molecule is C=C(c1nc(/C=C/CNC(=O)C2CC(F)C2)cc2c(N[C@@H]3CCN(C)C[C@@H]3F)cccc12)C(F)(F)F. The smallest absolute Gasteiger partial charge is 0.379 e. The fraction of sp³-hybridized carbons (Fsp3) is 0.462. The zero-order valence-electron chi connectivity index (χ0n) is 19.9. The Morgan fingerprint density at radius 3 is 2.67 bits per heavy atom. The number of allylic oxidation sites excluding steroid dienone is 1. The van der Waals surface area contributed by atoms with Crippen LogP contribution in [0, 0.1) is 5.92 Å². The summed E-state index contributed by atoms with van der Waals surface area (Å²) >= 11 is 0. The lowest BCUT2D eigenvalue weighted by Crippen LogP contribution is -2.46. The number of carbonyl (C=O) groups is 1. The van der Waals surface area contributed by atoms with Gasteiger partial charge in [0.25, 0.3) is 0 Å². The Hall–Kier alpha value is -3.01. The van der Waals surface area contributed by atoms with Gasteiger partial charge in [0.15, 0.2) is 0 Å². The number of hydrogen-bond donors (Lipinski definition) is 2. The Bertz CT molecular complexity index is 1160. The molecule has 0 unspecified atom stereocenters. The van der Waals surface area contributed by atoms with Gasteiger partial charge in [-0.2, -0.15) is 13.2 Å². The number of nitrogens with zero attached hydrogens (tertiary/aromatic N) is 2. The molecule has 1 saturated carbocycles. The second-order valence-corrected chi connectivity index (χ2v) is 9.50. The summed E-state index contributed by atoms with van der Waals surface area (Å²) in [6, 6.07) is 6.00. The number of amides is 1. The molecule has 2 atom stereocenters. The van der Waals surface area contributed by atoms with E-state index in [1.54, 1.807) is 24.3 Å². The van der Waals surface area contributed by atoms with Crippen LogP contribution in [0.3, 0.4) is 0 Å². The van der Waals surface area contributed by atoms with Crippen LogP contribution in [0.25, 0.3) is 22.4 Å². The number of pyridine rings is 1. The predicted molar refractivity (Wildman–Crippen MR) is 131 cm³/mol. The molecule has 2 aromatic rings. The molecule has 2 fully saturated rings. The van der Waals surface area contributed by atoms with Gasteiger partial charge in [-0.05, 0) is 44.5 Å². The Labute approximate surface area is 206 Å². The second-order valence-electron chi connectivity index (χ2n) is 9.50. The molecule has 1 aliphatic heterocycles. The number of hydrogen-bond acceptors (Lipinski definition) is 4. The van der Waals surface area contributed by atoms with Crippen LogP contribution in [0.1, 0.15) is 30.7 Å². The van der Waals surface area contributed by atoms with Crippen molar-refractivity contribution in [2.24, 2.45) is 5.92 Å². The number of halogens is 5. The monoisotopic (exact) mass is 508 g/mol. The van der Waals surface area contributed by atoms with Gasteiger partial charge in [-0.25, -0.2) is 13.8 Å². The summed E-state index contributed by atoms with van der Waals surface area (Å²) in [6.07, 6.45) is -2.71. The number of fused-ring (bicyclic) bond motifs is 1. The van der Waals surface area contributed by atoms with Crippen LogP contribution < -0.4 is 10.6 Å². The molecule has 0 radical (unpaired) electrons. The van der Waals surface area contributed by atoms with E-state index in [-0.39, 0.29) is 54.5 Å². The third-order valence-corrected chi connectivity index (χ3v) is 6.74. The van der Waals surface area contributed by atoms with Gasteiger partial charge < -0.3 is 15.5 Å². The maximum Gasteiger partial charge on any atom is 0.417 e. The van der Waals surface area contributed by atoms with Gasteiger partial charge in [-0.1, -0.05) is 24.8 Å². The molecule has 10 heteroatoms. The van der Waals surface area contributed by atoms with Gasteiger partial charge in [0, 0.05) is 42.0 Å². The third-order valence-electron chi connectivity index (χ3n) is 6.74. The molecule has 194 valence electrons. The zero-order valence-corrected chi connectivity index (χ0v) is 19.9. The topological polar surface area (TPSA) is 57.3 Å². The largest absolute Gasteiger partial charge is 0.417 e. The van der Waals surface area contributed by atoms with Crippen LogP contribution in [0.4, 0.5) is 27.6 Å². The molecular weight excluding hydrogens is 479 g/mol. The summed E-state index contributed by atoms with van der Waals surface area (Å²) in [5, 5.41) is 6.57. The lowest BCUT2D eigenvalue weighted by Gasteiger charge is -2.33. The summed E-state index contributed by atoms with van der Waals surface area (Å²) in [5.41, 5.74) is -0.645. The predicted octanol–water partition coefficient (Wildman–Crippen LogP) is 5.14. The van der Waals surface area contributed by atoms with Crippen LogP contribution in [0.15, 0.2) is 36.9 Å². The highest BCUT2D eigenvalue weighted by atomic mass is 19.4. The normalized spacial score (nSPS) is 25.1. The van der Waals surface area contributed by atoms with Crippen molar-refractivity contribution in [2.45, 2.75) is 43.8 Å². The Morgan fingerprint density at radius 2 is 2.00 bits per heavy atom. The van der Waals surface area contributed by atoms with Gasteiger partial charge in [-0.15, -0.1) is 0 Å². The van der Waals surface area contributed by atoms with Crippen molar-refractivity contribution in [3.05, 3.63) is 48.3 Å². The van der Waals surface area contributed by atoms with Crippen molar-refractivity contribution in [3.63, 3.8) is 0 Å². The molecule has 2 N–H and O–H groups in total. The summed E-state index contributed by atoms with van der Waals surface area (Å²) in [4.78, 5) is 18.1. The zero-order chi connectivity index (χ0) is 26.0. The highest BCUT2D eigenvalue weighted by molar-refractivity contribution is 6.00. The Morgan fingerprint density at radius 1 is 1.25 bits per heavy atom. The lowest BCUT2D eigenvalue weighted by atomic mass is 9.83. The van der Waals surface area contributed by atoms with Crippen LogP contribution in [0.2, 0.25) is 0 Å². The van der Waals surface area contributed by atoms with Crippen LogP contribution in [0.5, 0.6) is 0 Å². The molecule has 1 aliphatic carbocycles. The summed E-state index contributed by atoms with van der Waals surface area (Å²) in [5.74, 6) is -0.599. The van der Waals surface area contributed by atoms with Crippen LogP contribution >= 0.6 is 0 Å². The average Bonchev–Trinajstić information content (AvgIpc) is 2.80. The molecule has 1 amide bonds. The summed E-state index contributed by atoms with van der Waals surface area (Å²) in [7, 11) is 1.84. The number of carbonyl (C=O) groups excluding carboxylic acids is 1. The molecule has 5 nitrogen and oxygen atoms in total. The molecule has 4 rings (SSSR count). The number of alkyl halides is 5. The maximum atomic E-state index is 14.7. The van der Waals surface area contributed by atoms with E-state index in [0.29, 0.717) is 24.0 Å². The molecule has 0 bridgehead atoms. The summed E-state index contributed by atoms with van der Waals surface area (Å²) in [6.45, 7) is 4.33. The molecule has 0 spiro atoms. The molecule has 36 heavy (non-hydrogen) atoms. The van der Waals surface area contributed by atoms with Gasteiger partial charge in [0.05, 0.1) is 23.0 Å². The van der Waals surface area contributed by atoms with E-state index in [1.165, 1.54) is 12.1 Å². The van der Waals surface area contributed by atoms with Gasteiger partial charge in [-0.3, -0.25) is 4.79 Å². The van der Waals surface area contributed by atoms with E-state index in [4.69, 9.17) is 0 Å². The average molecular weight is 509 g/mol. The maximum absolute atomic E-state index is 14.7. The fourth-order valence-electron chi connectivity index (χ4n) is 4.54. The van der Waals surface area contributed by atoms with Crippen molar-refractivity contribution in [2.75, 3.05) is 32.0 Å². The number of aromatic nitrogens is 1. The molecule has 1 aromatic carbocycles. The number of rotatable bonds is 7. The molecule has 2 aliphatic rings. The van der Waals surface area contributed by atoms with E-state index in [9.17, 15) is 26.7 Å². The summed E-state index contributed by atoms with van der Waals surface area (Å²) < 4.78 is 68.4. The number of anilines is 1. The van der Waals surface area contributed by atoms with E-state index >= 15 is 0 Å². The number of likely N-dealkylation sites (tertiary alicyclic amines) is 1. The van der Waals surface area contributed by atoms with Crippen molar-refractivity contribution in [1.82, 2.24) is 15.2 Å². The van der Waals surface area contributed by atoms with Gasteiger partial charge in [0.1, 0.15) is 12.3 Å². The van der Waals surface area contributed by atoms with Crippen LogP contribution in [-0.2, 0) is 4.79 Å². The highest BCUT2D eigenvalue weighted by Gasteiger charge is 2.36. The number of nitrogens with one attached hydrogen (secondary N) is 2. The number of piperidine rings is 1. The quantitative estimate of drug-likeness (QED) is 0.509. The first-order chi connectivity index (χ1) is 17.0. The third kappa shape index (κ3) is 5.86. The van der Waals surface area contributed by atoms with E-state index in [2.05, 4.69) is 22.2 Å². The minimum absolute atomic E-state index is 0.126. The standard InChI is InChI=1S/C26H29F5N4O/c1-15(26(29,30)31)24-19-6-3-7-22(34-23-8-10-35(2)14-21(23)28)20(19)13-18(33-24)5-4-9-32-25(36)16-11-17(27)12-16/h3-7,13,16-17,21,23,34H,1,8-12,14H2,2H3,(H,32,36)/b5-4+/t16?,17?,21-,23+/m0/s1. The second kappa shape index (κ2) is 10.5. The first kappa shape index (κ1) is 26.1. The molecule has 1 saturated heterocycles. The van der Waals surface area contributed by atoms with E-state index in [1.807, 2.05) is 11.9 Å². The van der Waals surface area contributed by atoms with Gasteiger partial charge in [0.2, 0.25) is 5.91 Å². The van der Waals surface area contributed by atoms with Crippen molar-refractivity contribution in [1.29, 1.82) is 0 Å². The first-order valence-electron chi connectivity index (χ1n) is 11.9. The highest BCUT2D eigenvalue weighted by Crippen LogP contribution is 2.37.